The van der Waals surface area contributed by atoms with Gasteiger partial charge in [-0.05, 0) is 19.1 Å². The SMILES string of the molecule is Cc1cc(C(=O)NCc2cnn(C)c2)cc(N)n1. The molecule has 0 spiro atoms. The Morgan fingerprint density at radius 3 is 2.89 bits per heavy atom. The van der Waals surface area contributed by atoms with Crippen molar-refractivity contribution in [2.24, 2.45) is 7.05 Å². The van der Waals surface area contributed by atoms with Crippen molar-refractivity contribution in [1.29, 1.82) is 0 Å². The summed E-state index contributed by atoms with van der Waals surface area (Å²) in [5, 5.41) is 6.84. The van der Waals surface area contributed by atoms with Crippen LogP contribution in [0, 0.1) is 6.92 Å². The van der Waals surface area contributed by atoms with Crippen molar-refractivity contribution in [3.8, 4) is 0 Å². The van der Waals surface area contributed by atoms with Crippen molar-refractivity contribution in [2.75, 3.05) is 5.73 Å². The summed E-state index contributed by atoms with van der Waals surface area (Å²) in [5.74, 6) is 0.178. The standard InChI is InChI=1S/C12H15N5O/c1-8-3-10(4-11(13)16-8)12(18)14-5-9-6-15-17(2)7-9/h3-4,6-7H,5H2,1-2H3,(H2,13,16)(H,14,18). The van der Waals surface area contributed by atoms with Crippen LogP contribution in [-0.2, 0) is 13.6 Å². The van der Waals surface area contributed by atoms with Crippen molar-refractivity contribution in [1.82, 2.24) is 20.1 Å². The lowest BCUT2D eigenvalue weighted by Gasteiger charge is -2.05. The molecule has 0 fully saturated rings. The number of rotatable bonds is 3. The number of carbonyl (C=O) groups is 1. The van der Waals surface area contributed by atoms with Crippen LogP contribution in [-0.4, -0.2) is 20.7 Å². The second kappa shape index (κ2) is 4.87. The maximum Gasteiger partial charge on any atom is 0.251 e. The Balaban J connectivity index is 2.03. The van der Waals surface area contributed by atoms with Gasteiger partial charge in [0.1, 0.15) is 5.82 Å². The molecule has 0 saturated heterocycles. The first-order valence-corrected chi connectivity index (χ1v) is 5.54. The number of aromatic nitrogens is 3. The largest absolute Gasteiger partial charge is 0.384 e. The zero-order chi connectivity index (χ0) is 13.1. The van der Waals surface area contributed by atoms with E-state index in [1.807, 2.05) is 13.2 Å². The number of aryl methyl sites for hydroxylation is 2. The number of hydrogen-bond donors (Lipinski definition) is 2. The predicted octanol–water partition coefficient (Wildman–Crippen LogP) is 0.636. The normalized spacial score (nSPS) is 10.3. The number of nitrogens with two attached hydrogens (primary N) is 1. The fraction of sp³-hybridized carbons (Fsp3) is 0.250. The van der Waals surface area contributed by atoms with Gasteiger partial charge in [0.2, 0.25) is 0 Å². The van der Waals surface area contributed by atoms with Gasteiger partial charge in [0, 0.05) is 36.6 Å². The van der Waals surface area contributed by atoms with Crippen molar-refractivity contribution in [3.63, 3.8) is 0 Å². The molecule has 0 atom stereocenters. The average molecular weight is 245 g/mol. The summed E-state index contributed by atoms with van der Waals surface area (Å²) in [6.45, 7) is 2.24. The summed E-state index contributed by atoms with van der Waals surface area (Å²) < 4.78 is 1.69. The summed E-state index contributed by atoms with van der Waals surface area (Å²) >= 11 is 0. The number of carbonyl (C=O) groups excluding carboxylic acids is 1. The van der Waals surface area contributed by atoms with Crippen LogP contribution in [0.4, 0.5) is 5.82 Å². The van der Waals surface area contributed by atoms with E-state index < -0.39 is 0 Å². The highest BCUT2D eigenvalue weighted by atomic mass is 16.1. The highest BCUT2D eigenvalue weighted by Crippen LogP contribution is 2.07. The highest BCUT2D eigenvalue weighted by Gasteiger charge is 2.07. The number of nitrogens with zero attached hydrogens (tertiary/aromatic N) is 3. The van der Waals surface area contributed by atoms with E-state index >= 15 is 0 Å². The fourth-order valence-electron chi connectivity index (χ4n) is 1.67. The molecule has 0 radical (unpaired) electrons. The van der Waals surface area contributed by atoms with Gasteiger partial charge in [0.05, 0.1) is 6.20 Å². The summed E-state index contributed by atoms with van der Waals surface area (Å²) in [6.07, 6.45) is 3.57. The second-order valence-corrected chi connectivity index (χ2v) is 4.13. The second-order valence-electron chi connectivity index (χ2n) is 4.13. The van der Waals surface area contributed by atoms with E-state index in [-0.39, 0.29) is 5.91 Å². The number of nitrogen functional groups attached to an aromatic ring is 1. The molecule has 2 heterocycles. The van der Waals surface area contributed by atoms with Crippen LogP contribution in [0.5, 0.6) is 0 Å². The lowest BCUT2D eigenvalue weighted by molar-refractivity contribution is 0.0950. The van der Waals surface area contributed by atoms with E-state index in [4.69, 9.17) is 5.73 Å². The van der Waals surface area contributed by atoms with Gasteiger partial charge in [0.15, 0.2) is 0 Å². The van der Waals surface area contributed by atoms with Crippen molar-refractivity contribution in [2.45, 2.75) is 13.5 Å². The quantitative estimate of drug-likeness (QED) is 0.830. The monoisotopic (exact) mass is 245 g/mol. The predicted molar refractivity (Wildman–Crippen MR) is 67.8 cm³/mol. The van der Waals surface area contributed by atoms with Gasteiger partial charge in [-0.25, -0.2) is 4.98 Å². The van der Waals surface area contributed by atoms with Gasteiger partial charge < -0.3 is 11.1 Å². The van der Waals surface area contributed by atoms with E-state index in [2.05, 4.69) is 15.4 Å². The smallest absolute Gasteiger partial charge is 0.251 e. The molecular formula is C12H15N5O. The molecule has 0 aliphatic heterocycles. The van der Waals surface area contributed by atoms with E-state index in [1.165, 1.54) is 0 Å². The van der Waals surface area contributed by atoms with E-state index in [9.17, 15) is 4.79 Å². The molecule has 0 unspecified atom stereocenters. The van der Waals surface area contributed by atoms with Gasteiger partial charge >= 0.3 is 0 Å². The third kappa shape index (κ3) is 2.85. The highest BCUT2D eigenvalue weighted by molar-refractivity contribution is 5.94. The molecular weight excluding hydrogens is 230 g/mol. The number of hydrogen-bond acceptors (Lipinski definition) is 4. The molecule has 0 saturated carbocycles. The Kier molecular flexibility index (Phi) is 3.27. The van der Waals surface area contributed by atoms with Gasteiger partial charge in [0.25, 0.3) is 5.91 Å². The van der Waals surface area contributed by atoms with Gasteiger partial charge in [-0.3, -0.25) is 9.48 Å². The Hall–Kier alpha value is -2.37. The fourth-order valence-corrected chi connectivity index (χ4v) is 1.67. The topological polar surface area (TPSA) is 85.8 Å². The van der Waals surface area contributed by atoms with Crippen molar-refractivity contribution in [3.05, 3.63) is 41.3 Å². The minimum absolute atomic E-state index is 0.170. The Morgan fingerprint density at radius 1 is 1.50 bits per heavy atom. The summed E-state index contributed by atoms with van der Waals surface area (Å²) in [7, 11) is 1.83. The van der Waals surface area contributed by atoms with E-state index in [0.717, 1.165) is 11.3 Å². The van der Waals surface area contributed by atoms with Crippen LogP contribution in [0.1, 0.15) is 21.6 Å². The number of anilines is 1. The van der Waals surface area contributed by atoms with Gasteiger partial charge in [-0.15, -0.1) is 0 Å². The molecule has 2 rings (SSSR count). The number of pyridine rings is 1. The molecule has 18 heavy (non-hydrogen) atoms. The number of nitrogens with one attached hydrogen (secondary N) is 1. The molecule has 0 aromatic carbocycles. The van der Waals surface area contributed by atoms with Crippen LogP contribution in [0.3, 0.4) is 0 Å². The maximum absolute atomic E-state index is 11.9. The first-order chi connectivity index (χ1) is 8.54. The molecule has 0 bridgehead atoms. The third-order valence-electron chi connectivity index (χ3n) is 2.45. The lowest BCUT2D eigenvalue weighted by atomic mass is 10.2. The Labute approximate surface area is 105 Å². The molecule has 0 aliphatic rings. The molecule has 2 aromatic heterocycles. The average Bonchev–Trinajstić information content (AvgIpc) is 2.70. The molecule has 6 nitrogen and oxygen atoms in total. The summed E-state index contributed by atoms with van der Waals surface area (Å²) in [6, 6.07) is 3.26. The van der Waals surface area contributed by atoms with Crippen molar-refractivity contribution < 1.29 is 4.79 Å². The van der Waals surface area contributed by atoms with Crippen LogP contribution in [0.15, 0.2) is 24.5 Å². The van der Waals surface area contributed by atoms with Crippen LogP contribution in [0.25, 0.3) is 0 Å². The number of amides is 1. The van der Waals surface area contributed by atoms with E-state index in [1.54, 1.807) is 29.9 Å². The molecule has 2 aromatic rings. The molecule has 3 N–H and O–H groups in total. The van der Waals surface area contributed by atoms with E-state index in [0.29, 0.717) is 17.9 Å². The molecule has 6 heteroatoms. The molecule has 0 aliphatic carbocycles. The van der Waals surface area contributed by atoms with Crippen LogP contribution < -0.4 is 11.1 Å². The summed E-state index contributed by atoms with van der Waals surface area (Å²) in [4.78, 5) is 15.9. The zero-order valence-electron chi connectivity index (χ0n) is 10.3. The Bertz CT molecular complexity index is 555. The first kappa shape index (κ1) is 12.1. The van der Waals surface area contributed by atoms with Crippen molar-refractivity contribution >= 4 is 11.7 Å². The Morgan fingerprint density at radius 2 is 2.28 bits per heavy atom. The molecule has 1 amide bonds. The summed E-state index contributed by atoms with van der Waals surface area (Å²) in [5.41, 5.74) is 7.79. The van der Waals surface area contributed by atoms with Crippen LogP contribution >= 0.6 is 0 Å². The van der Waals surface area contributed by atoms with Gasteiger partial charge in [-0.2, -0.15) is 5.10 Å². The lowest BCUT2D eigenvalue weighted by Crippen LogP contribution is -2.23. The molecule has 94 valence electrons. The van der Waals surface area contributed by atoms with Gasteiger partial charge in [-0.1, -0.05) is 0 Å². The van der Waals surface area contributed by atoms with Crippen LogP contribution in [0.2, 0.25) is 0 Å². The third-order valence-corrected chi connectivity index (χ3v) is 2.45. The minimum atomic E-state index is -0.170. The first-order valence-electron chi connectivity index (χ1n) is 5.54. The zero-order valence-corrected chi connectivity index (χ0v) is 10.3. The minimum Gasteiger partial charge on any atom is -0.384 e. The maximum atomic E-state index is 11.9.